The molecule has 0 spiro atoms. The third-order valence-electron chi connectivity index (χ3n) is 4.11. The molecule has 1 aromatic carbocycles. The van der Waals surface area contributed by atoms with Crippen molar-refractivity contribution in [3.05, 3.63) is 64.1 Å². The predicted molar refractivity (Wildman–Crippen MR) is 104 cm³/mol. The van der Waals surface area contributed by atoms with Gasteiger partial charge in [0.1, 0.15) is 6.54 Å². The van der Waals surface area contributed by atoms with Crippen LogP contribution in [0.5, 0.6) is 0 Å². The molecule has 2 aromatic rings. The molecule has 0 fully saturated rings. The van der Waals surface area contributed by atoms with E-state index >= 15 is 0 Å². The SMILES string of the molecule is Cc1cccc(C)c1NC(=O)CN(C)C(=O)COC(=O)Cn1ccccc1=O. The topological polar surface area (TPSA) is 97.7 Å². The summed E-state index contributed by atoms with van der Waals surface area (Å²) >= 11 is 0. The van der Waals surface area contributed by atoms with Crippen LogP contribution in [0.3, 0.4) is 0 Å². The van der Waals surface area contributed by atoms with E-state index in [2.05, 4.69) is 5.32 Å². The third kappa shape index (κ3) is 5.80. The van der Waals surface area contributed by atoms with E-state index in [1.54, 1.807) is 12.1 Å². The molecule has 0 saturated carbocycles. The van der Waals surface area contributed by atoms with Crippen molar-refractivity contribution in [2.45, 2.75) is 20.4 Å². The van der Waals surface area contributed by atoms with Gasteiger partial charge in [-0.15, -0.1) is 0 Å². The lowest BCUT2D eigenvalue weighted by Gasteiger charge is -2.18. The largest absolute Gasteiger partial charge is 0.454 e. The van der Waals surface area contributed by atoms with Crippen LogP contribution in [0.1, 0.15) is 11.1 Å². The summed E-state index contributed by atoms with van der Waals surface area (Å²) in [5, 5.41) is 2.79. The van der Waals surface area contributed by atoms with Gasteiger partial charge in [0.15, 0.2) is 6.61 Å². The molecule has 0 aliphatic rings. The number of nitrogens with zero attached hydrogens (tertiary/aromatic N) is 2. The van der Waals surface area contributed by atoms with Gasteiger partial charge in [0.2, 0.25) is 5.91 Å². The summed E-state index contributed by atoms with van der Waals surface area (Å²) in [7, 11) is 1.45. The quantitative estimate of drug-likeness (QED) is 0.720. The lowest BCUT2D eigenvalue weighted by atomic mass is 10.1. The molecule has 0 aliphatic heterocycles. The second kappa shape index (κ2) is 9.50. The first-order chi connectivity index (χ1) is 13.3. The zero-order valence-corrected chi connectivity index (χ0v) is 16.1. The molecule has 0 radical (unpaired) electrons. The number of carbonyl (C=O) groups excluding carboxylic acids is 3. The molecule has 8 heteroatoms. The fraction of sp³-hybridized carbons (Fsp3) is 0.300. The van der Waals surface area contributed by atoms with Crippen molar-refractivity contribution in [3.8, 4) is 0 Å². The van der Waals surface area contributed by atoms with Crippen LogP contribution in [0.4, 0.5) is 5.69 Å². The number of para-hydroxylation sites is 1. The van der Waals surface area contributed by atoms with Gasteiger partial charge in [0, 0.05) is 25.0 Å². The summed E-state index contributed by atoms with van der Waals surface area (Å²) in [6.45, 7) is 2.80. The highest BCUT2D eigenvalue weighted by Gasteiger charge is 2.16. The molecule has 148 valence electrons. The first-order valence-corrected chi connectivity index (χ1v) is 8.69. The number of pyridine rings is 1. The normalized spacial score (nSPS) is 10.2. The minimum Gasteiger partial charge on any atom is -0.454 e. The average molecular weight is 385 g/mol. The monoisotopic (exact) mass is 385 g/mol. The first-order valence-electron chi connectivity index (χ1n) is 8.69. The van der Waals surface area contributed by atoms with E-state index in [4.69, 9.17) is 4.74 Å². The summed E-state index contributed by atoms with van der Waals surface area (Å²) < 4.78 is 6.08. The van der Waals surface area contributed by atoms with Crippen LogP contribution in [0, 0.1) is 13.8 Å². The van der Waals surface area contributed by atoms with Gasteiger partial charge in [-0.2, -0.15) is 0 Å². The molecule has 2 amide bonds. The van der Waals surface area contributed by atoms with Crippen molar-refractivity contribution in [1.29, 1.82) is 0 Å². The van der Waals surface area contributed by atoms with E-state index in [-0.39, 0.29) is 24.6 Å². The summed E-state index contributed by atoms with van der Waals surface area (Å²) in [5.74, 6) is -1.59. The first kappa shape index (κ1) is 20.9. The molecular formula is C20H23N3O5. The summed E-state index contributed by atoms with van der Waals surface area (Å²) in [6.07, 6.45) is 1.45. The van der Waals surface area contributed by atoms with Crippen LogP contribution >= 0.6 is 0 Å². The number of amides is 2. The van der Waals surface area contributed by atoms with Gasteiger partial charge in [-0.3, -0.25) is 19.2 Å². The van der Waals surface area contributed by atoms with Gasteiger partial charge in [0.05, 0.1) is 6.54 Å². The van der Waals surface area contributed by atoms with Crippen molar-refractivity contribution in [1.82, 2.24) is 9.47 Å². The summed E-state index contributed by atoms with van der Waals surface area (Å²) in [6, 6.07) is 10.2. The molecule has 0 saturated heterocycles. The van der Waals surface area contributed by atoms with E-state index in [1.807, 2.05) is 32.0 Å². The number of aryl methyl sites for hydroxylation is 2. The van der Waals surface area contributed by atoms with Crippen LogP contribution < -0.4 is 10.9 Å². The molecule has 0 atom stereocenters. The van der Waals surface area contributed by atoms with Crippen molar-refractivity contribution in [3.63, 3.8) is 0 Å². The molecule has 1 heterocycles. The Morgan fingerprint density at radius 1 is 1.07 bits per heavy atom. The van der Waals surface area contributed by atoms with Gasteiger partial charge in [-0.25, -0.2) is 0 Å². The Hall–Kier alpha value is -3.42. The Kier molecular flexibility index (Phi) is 7.08. The number of aromatic nitrogens is 1. The highest BCUT2D eigenvalue weighted by molar-refractivity contribution is 5.96. The number of esters is 1. The number of hydrogen-bond acceptors (Lipinski definition) is 5. The van der Waals surface area contributed by atoms with Crippen molar-refractivity contribution in [2.75, 3.05) is 25.5 Å². The number of benzene rings is 1. The van der Waals surface area contributed by atoms with Crippen molar-refractivity contribution >= 4 is 23.5 Å². The predicted octanol–water partition coefficient (Wildman–Crippen LogP) is 1.11. The zero-order chi connectivity index (χ0) is 20.7. The Balaban J connectivity index is 1.82. The van der Waals surface area contributed by atoms with Crippen LogP contribution in [-0.2, 0) is 25.7 Å². The smallest absolute Gasteiger partial charge is 0.326 e. The minimum atomic E-state index is -0.713. The molecular weight excluding hydrogens is 362 g/mol. The summed E-state index contributed by atoms with van der Waals surface area (Å²) in [5.41, 5.74) is 2.22. The number of rotatable bonds is 7. The fourth-order valence-electron chi connectivity index (χ4n) is 2.52. The highest BCUT2D eigenvalue weighted by atomic mass is 16.5. The molecule has 2 rings (SSSR count). The van der Waals surface area contributed by atoms with Crippen molar-refractivity contribution < 1.29 is 19.1 Å². The molecule has 1 N–H and O–H groups in total. The Morgan fingerprint density at radius 2 is 1.75 bits per heavy atom. The number of hydrogen-bond donors (Lipinski definition) is 1. The second-order valence-corrected chi connectivity index (χ2v) is 6.39. The fourth-order valence-corrected chi connectivity index (χ4v) is 2.52. The van der Waals surface area contributed by atoms with Gasteiger partial charge in [-0.05, 0) is 31.0 Å². The Morgan fingerprint density at radius 3 is 2.39 bits per heavy atom. The van der Waals surface area contributed by atoms with Gasteiger partial charge < -0.3 is 19.5 Å². The van der Waals surface area contributed by atoms with Crippen LogP contribution in [0.25, 0.3) is 0 Å². The highest BCUT2D eigenvalue weighted by Crippen LogP contribution is 2.19. The van der Waals surface area contributed by atoms with Crippen LogP contribution in [0.2, 0.25) is 0 Å². The zero-order valence-electron chi connectivity index (χ0n) is 16.1. The van der Waals surface area contributed by atoms with E-state index < -0.39 is 18.5 Å². The minimum absolute atomic E-state index is 0.178. The molecule has 0 aliphatic carbocycles. The number of likely N-dealkylation sites (N-methyl/N-ethyl adjacent to an activating group) is 1. The maximum Gasteiger partial charge on any atom is 0.326 e. The lowest BCUT2D eigenvalue weighted by molar-refractivity contribution is -0.152. The molecule has 0 unspecified atom stereocenters. The Labute approximate surface area is 162 Å². The molecule has 0 bridgehead atoms. The maximum absolute atomic E-state index is 12.2. The Bertz CT molecular complexity index is 915. The number of carbonyl (C=O) groups is 3. The van der Waals surface area contributed by atoms with Gasteiger partial charge >= 0.3 is 5.97 Å². The second-order valence-electron chi connectivity index (χ2n) is 6.39. The van der Waals surface area contributed by atoms with Crippen LogP contribution in [-0.4, -0.2) is 47.4 Å². The van der Waals surface area contributed by atoms with Crippen molar-refractivity contribution in [2.24, 2.45) is 0 Å². The lowest BCUT2D eigenvalue weighted by Crippen LogP contribution is -2.38. The summed E-state index contributed by atoms with van der Waals surface area (Å²) in [4.78, 5) is 48.8. The van der Waals surface area contributed by atoms with Gasteiger partial charge in [-0.1, -0.05) is 24.3 Å². The molecule has 1 aromatic heterocycles. The van der Waals surface area contributed by atoms with Crippen LogP contribution in [0.15, 0.2) is 47.4 Å². The van der Waals surface area contributed by atoms with E-state index in [9.17, 15) is 19.2 Å². The van der Waals surface area contributed by atoms with E-state index in [1.165, 1.54) is 28.8 Å². The number of anilines is 1. The standard InChI is InChI=1S/C20H23N3O5/c1-14-7-6-8-15(2)20(14)21-16(24)11-22(3)18(26)13-28-19(27)12-23-10-5-4-9-17(23)25/h4-10H,11-13H2,1-3H3,(H,21,24). The van der Waals surface area contributed by atoms with E-state index in [0.29, 0.717) is 5.69 Å². The molecule has 8 nitrogen and oxygen atoms in total. The average Bonchev–Trinajstić information content (AvgIpc) is 2.64. The molecule has 28 heavy (non-hydrogen) atoms. The maximum atomic E-state index is 12.2. The third-order valence-corrected chi connectivity index (χ3v) is 4.11. The van der Waals surface area contributed by atoms with Gasteiger partial charge in [0.25, 0.3) is 11.5 Å². The number of ether oxygens (including phenoxy) is 1. The van der Waals surface area contributed by atoms with E-state index in [0.717, 1.165) is 11.1 Å². The number of nitrogens with one attached hydrogen (secondary N) is 1.